The van der Waals surface area contributed by atoms with Gasteiger partial charge in [0.05, 0.1) is 23.1 Å². The van der Waals surface area contributed by atoms with Gasteiger partial charge in [0, 0.05) is 43.6 Å². The van der Waals surface area contributed by atoms with E-state index in [0.29, 0.717) is 85.3 Å². The Balaban J connectivity index is 1.07. The van der Waals surface area contributed by atoms with Crippen molar-refractivity contribution in [2.75, 3.05) is 31.5 Å². The Morgan fingerprint density at radius 3 is 2.33 bits per heavy atom. The van der Waals surface area contributed by atoms with Gasteiger partial charge >= 0.3 is 5.97 Å². The topological polar surface area (TPSA) is 165 Å². The molecule has 3 aromatic heterocycles. The van der Waals surface area contributed by atoms with Gasteiger partial charge < -0.3 is 19.9 Å². The molecule has 274 valence electrons. The van der Waals surface area contributed by atoms with Gasteiger partial charge in [-0.15, -0.1) is 0 Å². The van der Waals surface area contributed by atoms with E-state index in [9.17, 15) is 20.3 Å². The van der Waals surface area contributed by atoms with Crippen LogP contribution in [-0.2, 0) is 17.9 Å². The maximum atomic E-state index is 11.4. The van der Waals surface area contributed by atoms with Crippen molar-refractivity contribution in [3.05, 3.63) is 94.4 Å². The van der Waals surface area contributed by atoms with Gasteiger partial charge in [-0.3, -0.25) is 19.6 Å². The third kappa shape index (κ3) is 7.01. The Hall–Kier alpha value is -5.74. The smallest absolute Gasteiger partial charge is 0.306 e. The first-order valence-corrected chi connectivity index (χ1v) is 18.4. The van der Waals surface area contributed by atoms with Gasteiger partial charge in [-0.1, -0.05) is 24.3 Å². The Kier molecular flexibility index (Phi) is 9.54. The standard InChI is InChI=1S/C42H42N8O4/c1-24-32(6-4-8-34(24)41-48-37-17-27(16-30(19-43)39(37)54-41)21-49-13-10-29(11-14-49)42(52)53)33-7-5-9-35(25(33)2)47-40-38-36(45-26(3)46-40)18-28(20-44-38)22-50-15-12-31(51)23-50/h4-9,16-18,20,29,31,51H,10-15,21-23H2,1-3H3,(H,52,53)(H,45,46,47). The third-order valence-corrected chi connectivity index (χ3v) is 10.8. The van der Waals surface area contributed by atoms with Crippen LogP contribution in [0.4, 0.5) is 11.5 Å². The number of oxazole rings is 1. The minimum absolute atomic E-state index is 0.272. The highest BCUT2D eigenvalue weighted by atomic mass is 16.4. The molecule has 5 heterocycles. The lowest BCUT2D eigenvalue weighted by molar-refractivity contribution is -0.143. The van der Waals surface area contributed by atoms with Crippen molar-refractivity contribution in [3.63, 3.8) is 0 Å². The number of aliphatic hydroxyl groups is 1. The lowest BCUT2D eigenvalue weighted by Gasteiger charge is -2.30. The van der Waals surface area contributed by atoms with Crippen LogP contribution in [0.5, 0.6) is 0 Å². The Bertz CT molecular complexity index is 2450. The fourth-order valence-electron chi connectivity index (χ4n) is 7.89. The number of aliphatic carboxylic acids is 1. The van der Waals surface area contributed by atoms with Crippen molar-refractivity contribution in [2.45, 2.75) is 59.2 Å². The van der Waals surface area contributed by atoms with Crippen LogP contribution in [0.3, 0.4) is 0 Å². The second-order valence-corrected chi connectivity index (χ2v) is 14.6. The van der Waals surface area contributed by atoms with Crippen LogP contribution in [0.2, 0.25) is 0 Å². The van der Waals surface area contributed by atoms with E-state index in [1.807, 2.05) is 49.5 Å². The molecule has 0 spiro atoms. The summed E-state index contributed by atoms with van der Waals surface area (Å²) in [5.41, 5.74) is 10.8. The summed E-state index contributed by atoms with van der Waals surface area (Å²) in [6.07, 6.45) is 3.62. The van der Waals surface area contributed by atoms with Gasteiger partial charge in [0.2, 0.25) is 5.89 Å². The van der Waals surface area contributed by atoms with E-state index in [2.05, 4.69) is 53.2 Å². The number of β-amino-alcohol motifs (C(OH)–C–C–N with tert-alkyl or cyclic N) is 1. The number of fused-ring (bicyclic) bond motifs is 2. The molecular formula is C42H42N8O4. The van der Waals surface area contributed by atoms with Crippen LogP contribution in [0.25, 0.3) is 44.7 Å². The number of nitrogens with zero attached hydrogens (tertiary/aromatic N) is 7. The number of nitriles is 1. The molecule has 0 amide bonds. The molecule has 1 atom stereocenters. The monoisotopic (exact) mass is 722 g/mol. The minimum Gasteiger partial charge on any atom is -0.481 e. The zero-order valence-electron chi connectivity index (χ0n) is 30.6. The number of anilines is 2. The molecule has 2 fully saturated rings. The maximum Gasteiger partial charge on any atom is 0.306 e. The molecule has 0 saturated carbocycles. The van der Waals surface area contributed by atoms with Gasteiger partial charge in [-0.25, -0.2) is 15.0 Å². The van der Waals surface area contributed by atoms with Gasteiger partial charge in [-0.05, 0) is 117 Å². The SMILES string of the molecule is Cc1nc(Nc2cccc(-c3cccc(-c4nc5cc(CN6CCC(C(=O)O)CC6)cc(C#N)c5o4)c3C)c2C)c2ncc(CN3CCC(O)C3)cc2n1. The van der Waals surface area contributed by atoms with Crippen molar-refractivity contribution < 1.29 is 19.4 Å². The van der Waals surface area contributed by atoms with Gasteiger partial charge in [0.25, 0.3) is 0 Å². The average molecular weight is 723 g/mol. The second kappa shape index (κ2) is 14.6. The first-order valence-electron chi connectivity index (χ1n) is 18.4. The van der Waals surface area contributed by atoms with Crippen molar-refractivity contribution in [1.82, 2.24) is 29.7 Å². The molecule has 3 N–H and O–H groups in total. The van der Waals surface area contributed by atoms with Gasteiger partial charge in [-0.2, -0.15) is 5.26 Å². The highest BCUT2D eigenvalue weighted by Crippen LogP contribution is 2.38. The highest BCUT2D eigenvalue weighted by molar-refractivity contribution is 5.90. The van der Waals surface area contributed by atoms with E-state index in [1.165, 1.54) is 0 Å². The summed E-state index contributed by atoms with van der Waals surface area (Å²) in [5.74, 6) is 0.695. The maximum absolute atomic E-state index is 11.4. The lowest BCUT2D eigenvalue weighted by Crippen LogP contribution is -2.35. The third-order valence-electron chi connectivity index (χ3n) is 10.8. The molecule has 2 aliphatic heterocycles. The number of aryl methyl sites for hydroxylation is 1. The summed E-state index contributed by atoms with van der Waals surface area (Å²) in [6.45, 7) is 10.3. The number of aromatic nitrogens is 4. The van der Waals surface area contributed by atoms with E-state index >= 15 is 0 Å². The zero-order valence-corrected chi connectivity index (χ0v) is 30.6. The number of carboxylic acid groups (broad SMARTS) is 1. The van der Waals surface area contributed by atoms with E-state index in [0.717, 1.165) is 63.1 Å². The van der Waals surface area contributed by atoms with Gasteiger partial charge in [0.15, 0.2) is 11.4 Å². The molecule has 8 rings (SSSR count). The van der Waals surface area contributed by atoms with Crippen molar-refractivity contribution in [3.8, 4) is 28.7 Å². The molecular weight excluding hydrogens is 681 g/mol. The van der Waals surface area contributed by atoms with Gasteiger partial charge in [0.1, 0.15) is 22.9 Å². The Morgan fingerprint density at radius 1 is 0.889 bits per heavy atom. The quantitative estimate of drug-likeness (QED) is 0.142. The number of likely N-dealkylation sites (tertiary alicyclic amines) is 2. The highest BCUT2D eigenvalue weighted by Gasteiger charge is 2.25. The molecule has 6 aromatic rings. The van der Waals surface area contributed by atoms with E-state index in [1.54, 1.807) is 0 Å². The predicted octanol–water partition coefficient (Wildman–Crippen LogP) is 6.90. The molecule has 0 aliphatic carbocycles. The summed E-state index contributed by atoms with van der Waals surface area (Å²) >= 11 is 0. The molecule has 12 nitrogen and oxygen atoms in total. The minimum atomic E-state index is -0.730. The summed E-state index contributed by atoms with van der Waals surface area (Å²) in [6, 6.07) is 20.4. The van der Waals surface area contributed by atoms with E-state index in [4.69, 9.17) is 24.4 Å². The predicted molar refractivity (Wildman–Crippen MR) is 206 cm³/mol. The van der Waals surface area contributed by atoms with Crippen LogP contribution in [0.1, 0.15) is 52.9 Å². The fourth-order valence-corrected chi connectivity index (χ4v) is 7.89. The molecule has 0 bridgehead atoms. The van der Waals surface area contributed by atoms with Crippen LogP contribution in [0, 0.1) is 38.0 Å². The number of aliphatic hydroxyl groups excluding tert-OH is 1. The number of hydrogen-bond acceptors (Lipinski definition) is 11. The van der Waals surface area contributed by atoms with Crippen LogP contribution in [-0.4, -0.2) is 78.2 Å². The first kappa shape index (κ1) is 35.3. The Labute approximate surface area is 313 Å². The van der Waals surface area contributed by atoms with Crippen molar-refractivity contribution in [2.24, 2.45) is 5.92 Å². The number of benzene rings is 3. The van der Waals surface area contributed by atoms with E-state index < -0.39 is 5.97 Å². The zero-order chi connectivity index (χ0) is 37.5. The summed E-state index contributed by atoms with van der Waals surface area (Å²) in [4.78, 5) is 35.0. The summed E-state index contributed by atoms with van der Waals surface area (Å²) in [7, 11) is 0. The van der Waals surface area contributed by atoms with Crippen LogP contribution >= 0.6 is 0 Å². The normalized spacial score (nSPS) is 17.0. The average Bonchev–Trinajstić information content (AvgIpc) is 3.78. The number of hydrogen-bond donors (Lipinski definition) is 3. The van der Waals surface area contributed by atoms with Crippen molar-refractivity contribution in [1.29, 1.82) is 5.26 Å². The van der Waals surface area contributed by atoms with Crippen molar-refractivity contribution >= 4 is 39.6 Å². The van der Waals surface area contributed by atoms with Crippen LogP contribution < -0.4 is 5.32 Å². The van der Waals surface area contributed by atoms with E-state index in [-0.39, 0.29) is 12.0 Å². The summed E-state index contributed by atoms with van der Waals surface area (Å²) < 4.78 is 6.31. The Morgan fingerprint density at radius 2 is 1.59 bits per heavy atom. The molecule has 1 unspecified atom stereocenters. The molecule has 0 radical (unpaired) electrons. The number of carboxylic acids is 1. The molecule has 2 saturated heterocycles. The number of nitrogens with one attached hydrogen (secondary N) is 1. The fraction of sp³-hybridized carbons (Fsp3) is 0.333. The molecule has 2 aliphatic rings. The molecule has 54 heavy (non-hydrogen) atoms. The second-order valence-electron chi connectivity index (χ2n) is 14.6. The molecule has 3 aromatic carbocycles. The number of carbonyl (C=O) groups is 1. The first-order chi connectivity index (χ1) is 26.1. The lowest BCUT2D eigenvalue weighted by atomic mass is 9.93. The number of pyridine rings is 1. The largest absolute Gasteiger partial charge is 0.481 e. The molecule has 12 heteroatoms. The van der Waals surface area contributed by atoms with Crippen LogP contribution in [0.15, 0.2) is 65.2 Å². The number of rotatable bonds is 9. The number of piperidine rings is 1. The summed E-state index contributed by atoms with van der Waals surface area (Å²) in [5, 5.41) is 32.9.